The summed E-state index contributed by atoms with van der Waals surface area (Å²) in [5.74, 6) is -0.229. The van der Waals surface area contributed by atoms with Crippen LogP contribution >= 0.6 is 0 Å². The third-order valence-electron chi connectivity index (χ3n) is 3.50. The molecule has 0 unspecified atom stereocenters. The lowest BCUT2D eigenvalue weighted by Crippen LogP contribution is -2.30. The summed E-state index contributed by atoms with van der Waals surface area (Å²) in [6.07, 6.45) is 4.50. The number of benzene rings is 1. The van der Waals surface area contributed by atoms with Gasteiger partial charge in [-0.25, -0.2) is 8.42 Å². The molecule has 1 aromatic carbocycles. The number of aryl methyl sites for hydroxylation is 1. The zero-order chi connectivity index (χ0) is 17.7. The Labute approximate surface area is 141 Å². The van der Waals surface area contributed by atoms with E-state index in [1.54, 1.807) is 33.2 Å². The SMILES string of the molecule is CCN(CC)S(=O)(=O)c1ccc(C(=O)C=Cc2cnn(C)n2)cc1. The van der Waals surface area contributed by atoms with Crippen LogP contribution in [0.4, 0.5) is 0 Å². The third-order valence-corrected chi connectivity index (χ3v) is 5.57. The van der Waals surface area contributed by atoms with Gasteiger partial charge in [-0.15, -0.1) is 0 Å². The first-order valence-electron chi connectivity index (χ1n) is 7.57. The molecule has 0 spiro atoms. The quantitative estimate of drug-likeness (QED) is 0.562. The van der Waals surface area contributed by atoms with Gasteiger partial charge in [0, 0.05) is 25.7 Å². The molecule has 7 nitrogen and oxygen atoms in total. The first kappa shape index (κ1) is 18.0. The van der Waals surface area contributed by atoms with E-state index in [1.807, 2.05) is 0 Å². The first-order valence-corrected chi connectivity index (χ1v) is 9.01. The van der Waals surface area contributed by atoms with Crippen LogP contribution in [0.1, 0.15) is 29.9 Å². The van der Waals surface area contributed by atoms with Crippen LogP contribution in [0.15, 0.2) is 41.4 Å². The van der Waals surface area contributed by atoms with E-state index in [4.69, 9.17) is 0 Å². The molecule has 8 heteroatoms. The van der Waals surface area contributed by atoms with Crippen molar-refractivity contribution in [3.8, 4) is 0 Å². The number of nitrogens with zero attached hydrogens (tertiary/aromatic N) is 4. The Morgan fingerprint density at radius 1 is 1.21 bits per heavy atom. The zero-order valence-corrected chi connectivity index (χ0v) is 14.7. The van der Waals surface area contributed by atoms with Gasteiger partial charge in [-0.1, -0.05) is 13.8 Å². The minimum absolute atomic E-state index is 0.181. The summed E-state index contributed by atoms with van der Waals surface area (Å²) in [5.41, 5.74) is 0.986. The molecule has 0 aliphatic carbocycles. The summed E-state index contributed by atoms with van der Waals surface area (Å²) in [6.45, 7) is 4.38. The van der Waals surface area contributed by atoms with Crippen LogP contribution in [0.3, 0.4) is 0 Å². The van der Waals surface area contributed by atoms with Crippen molar-refractivity contribution in [1.29, 1.82) is 0 Å². The number of aromatic nitrogens is 3. The molecular weight excluding hydrogens is 328 g/mol. The van der Waals surface area contributed by atoms with E-state index in [-0.39, 0.29) is 10.7 Å². The van der Waals surface area contributed by atoms with Crippen molar-refractivity contribution in [2.24, 2.45) is 7.05 Å². The smallest absolute Gasteiger partial charge is 0.243 e. The predicted octanol–water partition coefficient (Wildman–Crippen LogP) is 1.74. The van der Waals surface area contributed by atoms with Crippen LogP contribution in [0, 0.1) is 0 Å². The summed E-state index contributed by atoms with van der Waals surface area (Å²) in [5, 5.41) is 7.95. The Hall–Kier alpha value is -2.32. The van der Waals surface area contributed by atoms with E-state index in [0.717, 1.165) is 0 Å². The van der Waals surface area contributed by atoms with Gasteiger partial charge in [0.25, 0.3) is 0 Å². The van der Waals surface area contributed by atoms with Gasteiger partial charge in [-0.3, -0.25) is 4.79 Å². The number of allylic oxidation sites excluding steroid dienone is 1. The normalized spacial score (nSPS) is 12.2. The van der Waals surface area contributed by atoms with Crippen LogP contribution in [0.25, 0.3) is 6.08 Å². The molecule has 0 aliphatic heterocycles. The molecular formula is C16H20N4O3S. The molecule has 1 aromatic heterocycles. The summed E-state index contributed by atoms with van der Waals surface area (Å²) in [6, 6.07) is 5.94. The average Bonchev–Trinajstić information content (AvgIpc) is 2.99. The fraction of sp³-hybridized carbons (Fsp3) is 0.312. The maximum atomic E-state index is 12.4. The van der Waals surface area contributed by atoms with Gasteiger partial charge in [-0.05, 0) is 36.4 Å². The van der Waals surface area contributed by atoms with Crippen molar-refractivity contribution in [3.05, 3.63) is 47.8 Å². The topological polar surface area (TPSA) is 85.2 Å². The van der Waals surface area contributed by atoms with Gasteiger partial charge in [-0.2, -0.15) is 19.3 Å². The molecule has 128 valence electrons. The summed E-state index contributed by atoms with van der Waals surface area (Å²) < 4.78 is 26.2. The number of hydrogen-bond donors (Lipinski definition) is 0. The highest BCUT2D eigenvalue weighted by Crippen LogP contribution is 2.16. The highest BCUT2D eigenvalue weighted by Gasteiger charge is 2.21. The van der Waals surface area contributed by atoms with Crippen molar-refractivity contribution in [2.45, 2.75) is 18.7 Å². The van der Waals surface area contributed by atoms with Crippen molar-refractivity contribution in [3.63, 3.8) is 0 Å². The molecule has 0 radical (unpaired) electrons. The number of carbonyl (C=O) groups is 1. The fourth-order valence-electron chi connectivity index (χ4n) is 2.20. The first-order chi connectivity index (χ1) is 11.4. The molecule has 0 aliphatic rings. The lowest BCUT2D eigenvalue weighted by molar-refractivity contribution is 0.104. The highest BCUT2D eigenvalue weighted by atomic mass is 32.2. The van der Waals surface area contributed by atoms with E-state index in [2.05, 4.69) is 10.2 Å². The Morgan fingerprint density at radius 3 is 2.33 bits per heavy atom. The molecule has 2 rings (SSSR count). The van der Waals surface area contributed by atoms with E-state index < -0.39 is 10.0 Å². The summed E-state index contributed by atoms with van der Waals surface area (Å²) in [4.78, 5) is 13.7. The average molecular weight is 348 g/mol. The molecule has 0 amide bonds. The Bertz CT molecular complexity index is 834. The van der Waals surface area contributed by atoms with E-state index in [9.17, 15) is 13.2 Å². The predicted molar refractivity (Wildman–Crippen MR) is 90.9 cm³/mol. The van der Waals surface area contributed by atoms with Crippen LogP contribution in [0.2, 0.25) is 0 Å². The largest absolute Gasteiger partial charge is 0.289 e. The second-order valence-electron chi connectivity index (χ2n) is 5.07. The number of ketones is 1. The van der Waals surface area contributed by atoms with Crippen molar-refractivity contribution < 1.29 is 13.2 Å². The number of rotatable bonds is 7. The molecule has 2 aromatic rings. The maximum absolute atomic E-state index is 12.4. The van der Waals surface area contributed by atoms with Gasteiger partial charge in [0.15, 0.2) is 5.78 Å². The molecule has 0 N–H and O–H groups in total. The second-order valence-corrected chi connectivity index (χ2v) is 7.01. The van der Waals surface area contributed by atoms with E-state index in [1.165, 1.54) is 39.4 Å². The summed E-state index contributed by atoms with van der Waals surface area (Å²) >= 11 is 0. The standard InChI is InChI=1S/C16H20N4O3S/c1-4-20(5-2)24(22,23)15-9-6-13(7-10-15)16(21)11-8-14-12-17-19(3)18-14/h6-12H,4-5H2,1-3H3. The lowest BCUT2D eigenvalue weighted by Gasteiger charge is -2.18. The maximum Gasteiger partial charge on any atom is 0.243 e. The monoisotopic (exact) mass is 348 g/mol. The third kappa shape index (κ3) is 3.95. The molecule has 24 heavy (non-hydrogen) atoms. The van der Waals surface area contributed by atoms with Crippen LogP contribution in [0.5, 0.6) is 0 Å². The van der Waals surface area contributed by atoms with Crippen LogP contribution in [-0.4, -0.2) is 46.6 Å². The van der Waals surface area contributed by atoms with Gasteiger partial charge in [0.2, 0.25) is 10.0 Å². The van der Waals surface area contributed by atoms with Crippen LogP contribution in [-0.2, 0) is 17.1 Å². The van der Waals surface area contributed by atoms with Crippen molar-refractivity contribution in [1.82, 2.24) is 19.3 Å². The number of sulfonamides is 1. The lowest BCUT2D eigenvalue weighted by atomic mass is 10.1. The van der Waals surface area contributed by atoms with Gasteiger partial charge < -0.3 is 0 Å². The molecule has 0 bridgehead atoms. The van der Waals surface area contributed by atoms with Crippen molar-refractivity contribution >= 4 is 21.9 Å². The van der Waals surface area contributed by atoms with Crippen LogP contribution < -0.4 is 0 Å². The van der Waals surface area contributed by atoms with E-state index >= 15 is 0 Å². The second kappa shape index (κ2) is 7.50. The van der Waals surface area contributed by atoms with Gasteiger partial charge in [0.1, 0.15) is 5.69 Å². The number of carbonyl (C=O) groups excluding carboxylic acids is 1. The van der Waals surface area contributed by atoms with Crippen molar-refractivity contribution in [2.75, 3.05) is 13.1 Å². The highest BCUT2D eigenvalue weighted by molar-refractivity contribution is 7.89. The molecule has 0 saturated heterocycles. The fourth-order valence-corrected chi connectivity index (χ4v) is 3.66. The Morgan fingerprint density at radius 2 is 1.83 bits per heavy atom. The molecule has 0 saturated carbocycles. The van der Waals surface area contributed by atoms with Gasteiger partial charge >= 0.3 is 0 Å². The Balaban J connectivity index is 2.17. The number of hydrogen-bond acceptors (Lipinski definition) is 5. The zero-order valence-electron chi connectivity index (χ0n) is 13.9. The summed E-state index contributed by atoms with van der Waals surface area (Å²) in [7, 11) is -1.82. The Kier molecular flexibility index (Phi) is 5.63. The minimum Gasteiger partial charge on any atom is -0.289 e. The molecule has 0 atom stereocenters. The molecule has 1 heterocycles. The minimum atomic E-state index is -3.51. The van der Waals surface area contributed by atoms with Gasteiger partial charge in [0.05, 0.1) is 11.1 Å². The van der Waals surface area contributed by atoms with E-state index in [0.29, 0.717) is 24.3 Å². The molecule has 0 fully saturated rings.